The van der Waals surface area contributed by atoms with E-state index in [0.717, 1.165) is 22.3 Å². The van der Waals surface area contributed by atoms with E-state index in [4.69, 9.17) is 15.5 Å². The maximum Gasteiger partial charge on any atom is 0.254 e. The highest BCUT2D eigenvalue weighted by atomic mass is 32.1. The van der Waals surface area contributed by atoms with Crippen LogP contribution < -0.4 is 16.4 Å². The van der Waals surface area contributed by atoms with Gasteiger partial charge in [-0.25, -0.2) is 4.98 Å². The van der Waals surface area contributed by atoms with Crippen molar-refractivity contribution in [3.63, 3.8) is 0 Å². The number of nitrogens with two attached hydrogens (primary N) is 1. The molecule has 4 N–H and O–H groups in total. The van der Waals surface area contributed by atoms with Crippen LogP contribution in [0.5, 0.6) is 0 Å². The number of nitrogens with one attached hydrogen (secondary N) is 2. The molecule has 1 aromatic carbocycles. The molecule has 3 aliphatic rings. The first kappa shape index (κ1) is 22.0. The van der Waals surface area contributed by atoms with Crippen LogP contribution in [0, 0.1) is 17.8 Å². The molecule has 0 unspecified atom stereocenters. The molecule has 2 amide bonds. The van der Waals surface area contributed by atoms with Crippen LogP contribution in [0.4, 0.5) is 17.5 Å². The predicted molar refractivity (Wildman–Crippen MR) is 135 cm³/mol. The molecule has 1 aliphatic heterocycles. The average molecular weight is 491 g/mol. The lowest BCUT2D eigenvalue weighted by Gasteiger charge is -2.27. The number of fused-ring (bicyclic) bond motifs is 3. The van der Waals surface area contributed by atoms with Crippen molar-refractivity contribution in [3.8, 4) is 0 Å². The first-order chi connectivity index (χ1) is 17.1. The molecule has 3 heterocycles. The number of nitrogens with zero attached hydrogens (tertiary/aromatic N) is 3. The molecule has 0 spiro atoms. The van der Waals surface area contributed by atoms with Crippen LogP contribution >= 0.6 is 11.3 Å². The van der Waals surface area contributed by atoms with E-state index in [1.54, 1.807) is 11.3 Å². The molecule has 10 heteroatoms. The van der Waals surface area contributed by atoms with Gasteiger partial charge in [0.25, 0.3) is 5.91 Å². The highest BCUT2D eigenvalue weighted by Crippen LogP contribution is 2.45. The standard InChI is InChI=1S/C25H26N6O3S/c26-22(32)19-15-1-2-16(13-15)20(19)29-23-21-18(7-12-35-21)28-25(30-23)27-17-5-3-14(4-6-17)24(33)31-8-10-34-11-9-31/h1-7,12,15-16,19-20H,8-11,13H2,(H2,26,32)(H2,27,28,29,30)/t15-,16+,19+,20-/m1/s1. The van der Waals surface area contributed by atoms with Gasteiger partial charge in [0, 0.05) is 30.4 Å². The summed E-state index contributed by atoms with van der Waals surface area (Å²) in [5, 5.41) is 8.76. The molecule has 3 aromatic rings. The third kappa shape index (κ3) is 4.12. The Balaban J connectivity index is 1.22. The van der Waals surface area contributed by atoms with Crippen molar-refractivity contribution in [2.75, 3.05) is 36.9 Å². The number of ether oxygens (including phenoxy) is 1. The largest absolute Gasteiger partial charge is 0.378 e. The molecular weight excluding hydrogens is 464 g/mol. The fraction of sp³-hybridized carbons (Fsp3) is 0.360. The summed E-state index contributed by atoms with van der Waals surface area (Å²) in [6.07, 6.45) is 5.22. The van der Waals surface area contributed by atoms with Gasteiger partial charge in [-0.3, -0.25) is 9.59 Å². The van der Waals surface area contributed by atoms with Crippen molar-refractivity contribution in [1.29, 1.82) is 0 Å². The lowest BCUT2D eigenvalue weighted by Crippen LogP contribution is -2.41. The van der Waals surface area contributed by atoms with Crippen LogP contribution in [0.25, 0.3) is 10.2 Å². The van der Waals surface area contributed by atoms with E-state index in [2.05, 4.69) is 27.8 Å². The number of primary amides is 1. The van der Waals surface area contributed by atoms with Gasteiger partial charge in [-0.1, -0.05) is 12.2 Å². The Morgan fingerprint density at radius 1 is 1.06 bits per heavy atom. The van der Waals surface area contributed by atoms with Gasteiger partial charge in [0.05, 0.1) is 29.3 Å². The van der Waals surface area contributed by atoms with Gasteiger partial charge in [-0.15, -0.1) is 11.3 Å². The first-order valence-electron chi connectivity index (χ1n) is 11.8. The quantitative estimate of drug-likeness (QED) is 0.454. The molecule has 2 aliphatic carbocycles. The van der Waals surface area contributed by atoms with E-state index >= 15 is 0 Å². The van der Waals surface area contributed by atoms with E-state index < -0.39 is 0 Å². The number of anilines is 3. The summed E-state index contributed by atoms with van der Waals surface area (Å²) in [7, 11) is 0. The highest BCUT2D eigenvalue weighted by Gasteiger charge is 2.47. The van der Waals surface area contributed by atoms with Crippen LogP contribution in [-0.2, 0) is 9.53 Å². The van der Waals surface area contributed by atoms with Crippen LogP contribution in [0.3, 0.4) is 0 Å². The highest BCUT2D eigenvalue weighted by molar-refractivity contribution is 7.17. The zero-order chi connectivity index (χ0) is 23.9. The fourth-order valence-electron chi connectivity index (χ4n) is 5.36. The van der Waals surface area contributed by atoms with Gasteiger partial charge in [0.1, 0.15) is 5.82 Å². The number of carbonyl (C=O) groups is 2. The first-order valence-corrected chi connectivity index (χ1v) is 12.7. The van der Waals surface area contributed by atoms with Gasteiger partial charge in [0.15, 0.2) is 0 Å². The summed E-state index contributed by atoms with van der Waals surface area (Å²) >= 11 is 1.56. The molecule has 180 valence electrons. The third-order valence-electron chi connectivity index (χ3n) is 7.08. The Morgan fingerprint density at radius 3 is 2.60 bits per heavy atom. The SMILES string of the molecule is NC(=O)[C@@H]1[C@H](Nc2nc(Nc3ccc(C(=O)N4CCOCC4)cc3)nc3ccsc23)[C@H]2C=C[C@@H]1C2. The minimum Gasteiger partial charge on any atom is -0.378 e. The minimum absolute atomic E-state index is 0.00574. The number of allylic oxidation sites excluding steroid dienone is 1. The zero-order valence-electron chi connectivity index (χ0n) is 19.0. The summed E-state index contributed by atoms with van der Waals surface area (Å²) in [6.45, 7) is 2.36. The van der Waals surface area contributed by atoms with Gasteiger partial charge >= 0.3 is 0 Å². The number of rotatable bonds is 6. The number of hydrogen-bond donors (Lipinski definition) is 3. The van der Waals surface area contributed by atoms with Gasteiger partial charge in [-0.05, 0) is 54.0 Å². The van der Waals surface area contributed by atoms with E-state index in [9.17, 15) is 9.59 Å². The summed E-state index contributed by atoms with van der Waals surface area (Å²) in [5.41, 5.74) is 7.98. The monoisotopic (exact) mass is 490 g/mol. The maximum absolute atomic E-state index is 12.7. The fourth-order valence-corrected chi connectivity index (χ4v) is 6.14. The number of thiophene rings is 1. The summed E-state index contributed by atoms with van der Waals surface area (Å²) < 4.78 is 6.27. The lowest BCUT2D eigenvalue weighted by molar-refractivity contribution is -0.122. The molecule has 2 bridgehead atoms. The van der Waals surface area contributed by atoms with Crippen molar-refractivity contribution < 1.29 is 14.3 Å². The second-order valence-electron chi connectivity index (χ2n) is 9.18. The molecule has 0 radical (unpaired) electrons. The summed E-state index contributed by atoms with van der Waals surface area (Å²) in [4.78, 5) is 36.1. The van der Waals surface area contributed by atoms with Gasteiger partial charge < -0.3 is 26.0 Å². The Bertz CT molecular complexity index is 1300. The van der Waals surface area contributed by atoms with Crippen molar-refractivity contribution >= 4 is 50.8 Å². The van der Waals surface area contributed by atoms with E-state index in [-0.39, 0.29) is 35.6 Å². The van der Waals surface area contributed by atoms with Crippen molar-refractivity contribution in [1.82, 2.24) is 14.9 Å². The van der Waals surface area contributed by atoms with Gasteiger partial charge in [0.2, 0.25) is 11.9 Å². The maximum atomic E-state index is 12.7. The molecular formula is C25H26N6O3S. The van der Waals surface area contributed by atoms with Crippen LogP contribution in [0.2, 0.25) is 0 Å². The Morgan fingerprint density at radius 2 is 1.83 bits per heavy atom. The molecule has 2 fully saturated rings. The molecule has 4 atom stereocenters. The van der Waals surface area contributed by atoms with Crippen molar-refractivity contribution in [2.45, 2.75) is 12.5 Å². The Labute approximate surface area is 206 Å². The van der Waals surface area contributed by atoms with Crippen LogP contribution in [0.1, 0.15) is 16.8 Å². The second kappa shape index (κ2) is 8.94. The smallest absolute Gasteiger partial charge is 0.254 e. The molecule has 6 rings (SSSR count). The number of carbonyl (C=O) groups excluding carboxylic acids is 2. The molecule has 9 nitrogen and oxygen atoms in total. The number of aromatic nitrogens is 2. The number of benzene rings is 1. The topological polar surface area (TPSA) is 122 Å². The summed E-state index contributed by atoms with van der Waals surface area (Å²) in [6, 6.07) is 9.19. The third-order valence-corrected chi connectivity index (χ3v) is 7.99. The number of morpholine rings is 1. The molecule has 35 heavy (non-hydrogen) atoms. The van der Waals surface area contributed by atoms with Gasteiger partial charge in [-0.2, -0.15) is 4.98 Å². The van der Waals surface area contributed by atoms with Crippen LogP contribution in [0.15, 0.2) is 47.9 Å². The molecule has 1 saturated heterocycles. The average Bonchev–Trinajstić information content (AvgIpc) is 3.61. The molecule has 2 aromatic heterocycles. The Kier molecular flexibility index (Phi) is 5.62. The van der Waals surface area contributed by atoms with E-state index in [1.807, 2.05) is 40.6 Å². The van der Waals surface area contributed by atoms with Crippen LogP contribution in [-0.4, -0.2) is 59.0 Å². The zero-order valence-corrected chi connectivity index (χ0v) is 19.8. The minimum atomic E-state index is -0.277. The van der Waals surface area contributed by atoms with Crippen molar-refractivity contribution in [2.24, 2.45) is 23.5 Å². The lowest BCUT2D eigenvalue weighted by atomic mass is 9.88. The second-order valence-corrected chi connectivity index (χ2v) is 10.1. The summed E-state index contributed by atoms with van der Waals surface area (Å²) in [5.74, 6) is 1.07. The van der Waals surface area contributed by atoms with E-state index in [1.165, 1.54) is 0 Å². The Hall–Kier alpha value is -3.50. The number of amides is 2. The molecule has 1 saturated carbocycles. The normalized spacial score (nSPS) is 25.2. The number of hydrogen-bond acceptors (Lipinski definition) is 8. The predicted octanol–water partition coefficient (Wildman–Crippen LogP) is 3.00. The van der Waals surface area contributed by atoms with E-state index in [0.29, 0.717) is 43.6 Å². The van der Waals surface area contributed by atoms with Crippen molar-refractivity contribution in [3.05, 3.63) is 53.4 Å².